The van der Waals surface area contributed by atoms with Gasteiger partial charge in [-0.05, 0) is 26.1 Å². The molecule has 2 aromatic rings. The van der Waals surface area contributed by atoms with Crippen LogP contribution in [0, 0.1) is 0 Å². The minimum Gasteiger partial charge on any atom is -0.355 e. The van der Waals surface area contributed by atoms with E-state index in [0.29, 0.717) is 19.6 Å². The van der Waals surface area contributed by atoms with Gasteiger partial charge in [-0.15, -0.1) is 0 Å². The van der Waals surface area contributed by atoms with Gasteiger partial charge in [0.2, 0.25) is 5.91 Å². The zero-order valence-corrected chi connectivity index (χ0v) is 12.2. The second kappa shape index (κ2) is 6.38. The molecule has 0 fully saturated rings. The molecular formula is C14H21N5O. The number of aromatic nitrogens is 2. The number of likely N-dealkylation sites (N-methyl/N-ethyl adjacent to an activating group) is 2. The molecule has 2 aromatic heterocycles. The molecule has 0 saturated carbocycles. The molecule has 0 aliphatic carbocycles. The lowest BCUT2D eigenvalue weighted by Gasteiger charge is -2.17. The van der Waals surface area contributed by atoms with Crippen LogP contribution >= 0.6 is 0 Å². The fraction of sp³-hybridized carbons (Fsp3) is 0.429. The molecule has 0 spiro atoms. The number of carbonyl (C=O) groups is 1. The van der Waals surface area contributed by atoms with Gasteiger partial charge in [-0.2, -0.15) is 0 Å². The molecule has 2 heterocycles. The first-order valence-electron chi connectivity index (χ1n) is 6.75. The highest BCUT2D eigenvalue weighted by Gasteiger charge is 2.16. The largest absolute Gasteiger partial charge is 0.355 e. The fourth-order valence-electron chi connectivity index (χ4n) is 2.21. The molecule has 0 aliphatic rings. The van der Waals surface area contributed by atoms with E-state index in [1.54, 1.807) is 0 Å². The van der Waals surface area contributed by atoms with Crippen molar-refractivity contribution in [3.63, 3.8) is 0 Å². The van der Waals surface area contributed by atoms with Crippen LogP contribution < -0.4 is 15.5 Å². The Balaban J connectivity index is 2.32. The van der Waals surface area contributed by atoms with E-state index in [4.69, 9.17) is 0 Å². The summed E-state index contributed by atoms with van der Waals surface area (Å²) in [5.74, 6) is 0.833. The average molecular weight is 275 g/mol. The smallest absolute Gasteiger partial charge is 0.239 e. The van der Waals surface area contributed by atoms with Gasteiger partial charge in [0.25, 0.3) is 0 Å². The Morgan fingerprint density at radius 2 is 2.25 bits per heavy atom. The second-order valence-electron chi connectivity index (χ2n) is 4.65. The second-order valence-corrected chi connectivity index (χ2v) is 4.65. The lowest BCUT2D eigenvalue weighted by Crippen LogP contribution is -2.35. The Labute approximate surface area is 118 Å². The van der Waals surface area contributed by atoms with Crippen molar-refractivity contribution < 1.29 is 4.79 Å². The molecule has 0 bridgehead atoms. The van der Waals surface area contributed by atoms with Crippen LogP contribution in [0.1, 0.15) is 12.6 Å². The van der Waals surface area contributed by atoms with Gasteiger partial charge in [0, 0.05) is 26.3 Å². The molecule has 0 aliphatic heterocycles. The standard InChI is InChI=1S/C14H21N5O/c1-4-16-13(20)10-18(3)14-11(9-15-2)19-8-6-5-7-12(19)17-14/h5-8,15H,4,9-10H2,1-3H3,(H,16,20). The summed E-state index contributed by atoms with van der Waals surface area (Å²) in [5, 5.41) is 5.95. The summed E-state index contributed by atoms with van der Waals surface area (Å²) in [5.41, 5.74) is 1.94. The van der Waals surface area contributed by atoms with Crippen LogP contribution in [0.2, 0.25) is 0 Å². The van der Waals surface area contributed by atoms with E-state index in [0.717, 1.165) is 17.2 Å². The highest BCUT2D eigenvalue weighted by molar-refractivity contribution is 5.81. The molecule has 0 saturated heterocycles. The van der Waals surface area contributed by atoms with E-state index < -0.39 is 0 Å². The predicted molar refractivity (Wildman–Crippen MR) is 79.9 cm³/mol. The highest BCUT2D eigenvalue weighted by atomic mass is 16.2. The number of anilines is 1. The molecular weight excluding hydrogens is 254 g/mol. The first kappa shape index (κ1) is 14.3. The first-order valence-corrected chi connectivity index (χ1v) is 6.75. The van der Waals surface area contributed by atoms with Gasteiger partial charge in [-0.3, -0.25) is 4.79 Å². The topological polar surface area (TPSA) is 61.7 Å². The van der Waals surface area contributed by atoms with Crippen LogP contribution in [0.15, 0.2) is 24.4 Å². The Morgan fingerprint density at radius 1 is 1.45 bits per heavy atom. The van der Waals surface area contributed by atoms with Gasteiger partial charge < -0.3 is 19.9 Å². The SMILES string of the molecule is CCNC(=O)CN(C)c1nc2ccccn2c1CNC. The highest BCUT2D eigenvalue weighted by Crippen LogP contribution is 2.20. The van der Waals surface area contributed by atoms with E-state index in [1.165, 1.54) is 0 Å². The van der Waals surface area contributed by atoms with Gasteiger partial charge in [0.1, 0.15) is 5.65 Å². The maximum absolute atomic E-state index is 11.7. The lowest BCUT2D eigenvalue weighted by atomic mass is 10.3. The third kappa shape index (κ3) is 2.91. The van der Waals surface area contributed by atoms with Crippen molar-refractivity contribution in [1.82, 2.24) is 20.0 Å². The van der Waals surface area contributed by atoms with Crippen LogP contribution in [-0.2, 0) is 11.3 Å². The normalized spacial score (nSPS) is 10.8. The summed E-state index contributed by atoms with van der Waals surface area (Å²) in [7, 11) is 3.78. The van der Waals surface area contributed by atoms with Crippen molar-refractivity contribution in [2.45, 2.75) is 13.5 Å². The summed E-state index contributed by atoms with van der Waals surface area (Å²) in [4.78, 5) is 18.2. The summed E-state index contributed by atoms with van der Waals surface area (Å²) < 4.78 is 2.04. The molecule has 0 aromatic carbocycles. The Kier molecular flexibility index (Phi) is 4.57. The molecule has 0 radical (unpaired) electrons. The minimum absolute atomic E-state index is 0.00228. The number of nitrogens with zero attached hydrogens (tertiary/aromatic N) is 3. The predicted octanol–water partition coefficient (Wildman–Crippen LogP) is 0.626. The van der Waals surface area contributed by atoms with Crippen LogP contribution in [0.25, 0.3) is 5.65 Å². The molecule has 2 N–H and O–H groups in total. The van der Waals surface area contributed by atoms with Gasteiger partial charge >= 0.3 is 0 Å². The van der Waals surface area contributed by atoms with E-state index in [1.807, 2.05) is 54.7 Å². The maximum Gasteiger partial charge on any atom is 0.239 e. The maximum atomic E-state index is 11.7. The molecule has 0 unspecified atom stereocenters. The van der Waals surface area contributed by atoms with Crippen molar-refractivity contribution >= 4 is 17.4 Å². The van der Waals surface area contributed by atoms with Crippen molar-refractivity contribution in [2.24, 2.45) is 0 Å². The van der Waals surface area contributed by atoms with E-state index >= 15 is 0 Å². The Morgan fingerprint density at radius 3 is 2.95 bits per heavy atom. The number of hydrogen-bond acceptors (Lipinski definition) is 4. The third-order valence-electron chi connectivity index (χ3n) is 3.07. The number of rotatable bonds is 6. The number of amides is 1. The molecule has 108 valence electrons. The molecule has 0 atom stereocenters. The Hall–Kier alpha value is -2.08. The molecule has 6 nitrogen and oxygen atoms in total. The van der Waals surface area contributed by atoms with Gasteiger partial charge in [0.05, 0.1) is 12.2 Å². The zero-order valence-electron chi connectivity index (χ0n) is 12.2. The van der Waals surface area contributed by atoms with Gasteiger partial charge in [0.15, 0.2) is 5.82 Å². The molecule has 1 amide bonds. The summed E-state index contributed by atoms with van der Waals surface area (Å²) in [6, 6.07) is 5.89. The monoisotopic (exact) mass is 275 g/mol. The van der Waals surface area contributed by atoms with Crippen LogP contribution in [-0.4, -0.2) is 42.5 Å². The van der Waals surface area contributed by atoms with Crippen molar-refractivity contribution in [3.8, 4) is 0 Å². The number of pyridine rings is 1. The zero-order chi connectivity index (χ0) is 14.5. The van der Waals surface area contributed by atoms with Crippen LogP contribution in [0.5, 0.6) is 0 Å². The van der Waals surface area contributed by atoms with Crippen LogP contribution in [0.4, 0.5) is 5.82 Å². The number of hydrogen-bond donors (Lipinski definition) is 2. The summed E-state index contributed by atoms with van der Waals surface area (Å²) in [6.07, 6.45) is 1.98. The Bertz CT molecular complexity index is 592. The fourth-order valence-corrected chi connectivity index (χ4v) is 2.21. The minimum atomic E-state index is 0.00228. The van der Waals surface area contributed by atoms with E-state index in [2.05, 4.69) is 15.6 Å². The number of imidazole rings is 1. The molecule has 2 rings (SSSR count). The number of fused-ring (bicyclic) bond motifs is 1. The first-order chi connectivity index (χ1) is 9.67. The van der Waals surface area contributed by atoms with Crippen molar-refractivity contribution in [2.75, 3.05) is 32.1 Å². The third-order valence-corrected chi connectivity index (χ3v) is 3.07. The molecule has 6 heteroatoms. The van der Waals surface area contributed by atoms with Gasteiger partial charge in [-0.25, -0.2) is 4.98 Å². The number of nitrogens with one attached hydrogen (secondary N) is 2. The van der Waals surface area contributed by atoms with Crippen molar-refractivity contribution in [1.29, 1.82) is 0 Å². The molecule has 20 heavy (non-hydrogen) atoms. The quantitative estimate of drug-likeness (QED) is 0.811. The average Bonchev–Trinajstić information content (AvgIpc) is 2.79. The summed E-state index contributed by atoms with van der Waals surface area (Å²) in [6.45, 7) is 3.55. The van der Waals surface area contributed by atoms with Crippen molar-refractivity contribution in [3.05, 3.63) is 30.1 Å². The van der Waals surface area contributed by atoms with E-state index in [9.17, 15) is 4.79 Å². The van der Waals surface area contributed by atoms with Gasteiger partial charge in [-0.1, -0.05) is 6.07 Å². The summed E-state index contributed by atoms with van der Waals surface area (Å²) >= 11 is 0. The number of carbonyl (C=O) groups excluding carboxylic acids is 1. The van der Waals surface area contributed by atoms with Crippen LogP contribution in [0.3, 0.4) is 0 Å². The van der Waals surface area contributed by atoms with E-state index in [-0.39, 0.29) is 5.91 Å². The lowest BCUT2D eigenvalue weighted by molar-refractivity contribution is -0.119.